The molecule has 24 heavy (non-hydrogen) atoms. The van der Waals surface area contributed by atoms with E-state index in [9.17, 15) is 0 Å². The fraction of sp³-hybridized carbons (Fsp3) is 1.00. The monoisotopic (exact) mass is 384 g/mol. The Balaban J connectivity index is 1.72. The second kappa shape index (κ2) is 6.60. The quantitative estimate of drug-likeness (QED) is 0.450. The molecule has 1 aliphatic heterocycles. The van der Waals surface area contributed by atoms with Crippen molar-refractivity contribution in [3.8, 4) is 0 Å². The third kappa shape index (κ3) is 3.16. The van der Waals surface area contributed by atoms with E-state index in [4.69, 9.17) is 12.3 Å². The Morgan fingerprint density at radius 3 is 0.958 bits per heavy atom. The average molecular weight is 385 g/mol. The van der Waals surface area contributed by atoms with Crippen molar-refractivity contribution >= 4 is 25.7 Å². The maximum Gasteiger partial charge on any atom is 0.323 e. The van der Waals surface area contributed by atoms with Crippen LogP contribution < -0.4 is 0 Å². The Hall–Kier alpha value is 0.531. The maximum absolute atomic E-state index is 7.24. The van der Waals surface area contributed by atoms with Gasteiger partial charge in [0.1, 0.15) is 0 Å². The Morgan fingerprint density at radius 2 is 0.792 bits per heavy atom. The molecule has 0 unspecified atom stereocenters. The standard InChI is InChI=1S/C18H36O3Si3/c1-4-13-22(16-7-8-16)19-23(14-5-2,17-9-10-17)21-24(20-22,15-6-3)18-11-12-18/h16-18H,4-15H2,1-3H3. The average Bonchev–Trinajstić information content (AvgIpc) is 3.44. The highest BCUT2D eigenvalue weighted by Gasteiger charge is 2.71. The smallest absolute Gasteiger partial charge is 0.323 e. The van der Waals surface area contributed by atoms with Crippen LogP contribution in [0.25, 0.3) is 0 Å². The first-order chi connectivity index (χ1) is 11.6. The van der Waals surface area contributed by atoms with Crippen molar-refractivity contribution in [2.45, 2.75) is 113 Å². The fourth-order valence-corrected chi connectivity index (χ4v) is 26.5. The van der Waals surface area contributed by atoms with Crippen molar-refractivity contribution in [1.82, 2.24) is 0 Å². The molecule has 138 valence electrons. The van der Waals surface area contributed by atoms with Gasteiger partial charge in [0.15, 0.2) is 0 Å². The van der Waals surface area contributed by atoms with E-state index < -0.39 is 25.7 Å². The highest BCUT2D eigenvalue weighted by molar-refractivity contribution is 6.96. The molecular formula is C18H36O3Si3. The lowest BCUT2D eigenvalue weighted by Gasteiger charge is -2.54. The Kier molecular flexibility index (Phi) is 4.93. The van der Waals surface area contributed by atoms with Crippen molar-refractivity contribution in [3.63, 3.8) is 0 Å². The molecule has 0 atom stereocenters. The zero-order chi connectivity index (χ0) is 16.8. The van der Waals surface area contributed by atoms with Gasteiger partial charge in [-0.2, -0.15) is 0 Å². The largest absolute Gasteiger partial charge is 0.415 e. The third-order valence-corrected chi connectivity index (χ3v) is 23.8. The molecule has 3 saturated carbocycles. The van der Waals surface area contributed by atoms with Crippen LogP contribution in [-0.2, 0) is 12.3 Å². The van der Waals surface area contributed by atoms with E-state index in [1.165, 1.54) is 75.9 Å². The molecule has 0 radical (unpaired) electrons. The zero-order valence-corrected chi connectivity index (χ0v) is 18.9. The van der Waals surface area contributed by atoms with E-state index in [0.717, 1.165) is 16.6 Å². The van der Waals surface area contributed by atoms with Gasteiger partial charge in [-0.15, -0.1) is 0 Å². The molecule has 0 N–H and O–H groups in total. The van der Waals surface area contributed by atoms with Gasteiger partial charge in [-0.1, -0.05) is 40.0 Å². The summed E-state index contributed by atoms with van der Waals surface area (Å²) in [5, 5.41) is 0. The molecule has 0 bridgehead atoms. The van der Waals surface area contributed by atoms with E-state index in [-0.39, 0.29) is 0 Å². The van der Waals surface area contributed by atoms with E-state index in [0.29, 0.717) is 0 Å². The molecule has 0 aromatic carbocycles. The van der Waals surface area contributed by atoms with Gasteiger partial charge in [0.25, 0.3) is 0 Å². The number of hydrogen-bond acceptors (Lipinski definition) is 3. The summed E-state index contributed by atoms with van der Waals surface area (Å²) in [7, 11) is -6.12. The summed E-state index contributed by atoms with van der Waals surface area (Å²) in [6, 6.07) is 3.70. The highest BCUT2D eigenvalue weighted by atomic mass is 28.5. The molecule has 0 aromatic heterocycles. The first kappa shape index (κ1) is 17.9. The van der Waals surface area contributed by atoms with Gasteiger partial charge in [0.05, 0.1) is 0 Å². The molecule has 6 heteroatoms. The molecule has 1 saturated heterocycles. The van der Waals surface area contributed by atoms with E-state index in [2.05, 4.69) is 20.8 Å². The van der Waals surface area contributed by atoms with Gasteiger partial charge in [-0.3, -0.25) is 0 Å². The van der Waals surface area contributed by atoms with Crippen LogP contribution in [-0.4, -0.2) is 25.7 Å². The first-order valence-electron chi connectivity index (χ1n) is 10.7. The first-order valence-corrected chi connectivity index (χ1v) is 17.0. The SMILES string of the molecule is CCC[Si]1(C2CC2)O[Si](CCC)(C2CC2)O[Si](CCC)(C2CC2)O1. The summed E-state index contributed by atoms with van der Waals surface area (Å²) in [5.41, 5.74) is 2.39. The number of rotatable bonds is 9. The van der Waals surface area contributed by atoms with E-state index >= 15 is 0 Å². The molecule has 0 spiro atoms. The second-order valence-corrected chi connectivity index (χ2v) is 20.1. The summed E-state index contributed by atoms with van der Waals surface area (Å²) in [6.45, 7) is 7.00. The topological polar surface area (TPSA) is 27.7 Å². The van der Waals surface area contributed by atoms with Crippen LogP contribution in [0.3, 0.4) is 0 Å². The molecule has 4 rings (SSSR count). The van der Waals surface area contributed by atoms with Gasteiger partial charge in [-0.25, -0.2) is 0 Å². The van der Waals surface area contributed by atoms with Gasteiger partial charge in [0, 0.05) is 16.6 Å². The van der Waals surface area contributed by atoms with E-state index in [1.807, 2.05) is 0 Å². The molecule has 4 aliphatic rings. The van der Waals surface area contributed by atoms with Crippen LogP contribution in [0.1, 0.15) is 78.6 Å². The minimum Gasteiger partial charge on any atom is -0.415 e. The molecule has 1 heterocycles. The van der Waals surface area contributed by atoms with Crippen LogP contribution in [0.2, 0.25) is 34.8 Å². The van der Waals surface area contributed by atoms with Crippen molar-refractivity contribution in [1.29, 1.82) is 0 Å². The highest BCUT2D eigenvalue weighted by Crippen LogP contribution is 2.62. The lowest BCUT2D eigenvalue weighted by molar-refractivity contribution is 0.201. The minimum absolute atomic E-state index is 0.798. The lowest BCUT2D eigenvalue weighted by Crippen LogP contribution is -2.71. The van der Waals surface area contributed by atoms with Gasteiger partial charge in [0.2, 0.25) is 0 Å². The van der Waals surface area contributed by atoms with Crippen molar-refractivity contribution in [3.05, 3.63) is 0 Å². The second-order valence-electron chi connectivity index (χ2n) is 8.81. The third-order valence-electron chi connectivity index (χ3n) is 6.43. The molecular weight excluding hydrogens is 348 g/mol. The summed E-state index contributed by atoms with van der Waals surface area (Å²) in [6.07, 6.45) is 11.9. The molecule has 4 fully saturated rings. The molecule has 0 amide bonds. The van der Waals surface area contributed by atoms with Gasteiger partial charge in [-0.05, 0) is 56.7 Å². The summed E-state index contributed by atoms with van der Waals surface area (Å²) in [4.78, 5) is 0. The molecule has 3 aliphatic carbocycles. The fourth-order valence-electron chi connectivity index (χ4n) is 4.97. The molecule has 3 nitrogen and oxygen atoms in total. The Bertz CT molecular complexity index is 388. The summed E-state index contributed by atoms with van der Waals surface area (Å²) in [5.74, 6) is 0. The van der Waals surface area contributed by atoms with Crippen LogP contribution >= 0.6 is 0 Å². The van der Waals surface area contributed by atoms with Gasteiger partial charge < -0.3 is 12.3 Å². The minimum atomic E-state index is -2.04. The Labute approximate surface area is 151 Å². The van der Waals surface area contributed by atoms with Crippen LogP contribution in [0.4, 0.5) is 0 Å². The van der Waals surface area contributed by atoms with Crippen LogP contribution in [0.5, 0.6) is 0 Å². The maximum atomic E-state index is 7.24. The predicted octanol–water partition coefficient (Wildman–Crippen LogP) is 6.10. The summed E-state index contributed by atoms with van der Waals surface area (Å²) >= 11 is 0. The summed E-state index contributed by atoms with van der Waals surface area (Å²) < 4.78 is 21.7. The lowest BCUT2D eigenvalue weighted by atomic mass is 10.6. The van der Waals surface area contributed by atoms with Crippen LogP contribution in [0, 0.1) is 0 Å². The Morgan fingerprint density at radius 1 is 0.542 bits per heavy atom. The van der Waals surface area contributed by atoms with Crippen molar-refractivity contribution in [2.24, 2.45) is 0 Å². The van der Waals surface area contributed by atoms with E-state index in [1.54, 1.807) is 0 Å². The van der Waals surface area contributed by atoms with Crippen molar-refractivity contribution < 1.29 is 12.3 Å². The number of hydrogen-bond donors (Lipinski definition) is 0. The van der Waals surface area contributed by atoms with Crippen molar-refractivity contribution in [2.75, 3.05) is 0 Å². The predicted molar refractivity (Wildman–Crippen MR) is 105 cm³/mol. The molecule has 0 aromatic rings. The van der Waals surface area contributed by atoms with Crippen LogP contribution in [0.15, 0.2) is 0 Å². The van der Waals surface area contributed by atoms with Gasteiger partial charge >= 0.3 is 25.7 Å². The zero-order valence-electron chi connectivity index (χ0n) is 15.9. The normalized spacial score (nSPS) is 43.1.